The zero-order valence-corrected chi connectivity index (χ0v) is 15.2. The third-order valence-corrected chi connectivity index (χ3v) is 4.11. The number of fused-ring (bicyclic) bond motifs is 1. The highest BCUT2D eigenvalue weighted by Gasteiger charge is 2.17. The highest BCUT2D eigenvalue weighted by atomic mass is 16.5. The number of pyridine rings is 1. The van der Waals surface area contributed by atoms with Crippen molar-refractivity contribution in [3.63, 3.8) is 0 Å². The van der Waals surface area contributed by atoms with Gasteiger partial charge in [0.15, 0.2) is 6.61 Å². The molecule has 0 atom stereocenters. The average molecular weight is 361 g/mol. The van der Waals surface area contributed by atoms with Crippen molar-refractivity contribution in [1.82, 2.24) is 15.1 Å². The van der Waals surface area contributed by atoms with E-state index in [4.69, 9.17) is 14.0 Å². The van der Waals surface area contributed by atoms with E-state index in [1.54, 1.807) is 0 Å². The lowest BCUT2D eigenvalue weighted by molar-refractivity contribution is 0.243. The van der Waals surface area contributed by atoms with Crippen LogP contribution in [-0.4, -0.2) is 21.7 Å². The topological polar surface area (TPSA) is 70.3 Å². The maximum atomic E-state index is 5.73. The van der Waals surface area contributed by atoms with Crippen LogP contribution in [0.15, 0.2) is 59.1 Å². The van der Waals surface area contributed by atoms with Crippen molar-refractivity contribution in [2.45, 2.75) is 20.5 Å². The Morgan fingerprint density at radius 3 is 2.63 bits per heavy atom. The van der Waals surface area contributed by atoms with Crippen molar-refractivity contribution in [2.24, 2.45) is 0 Å². The van der Waals surface area contributed by atoms with Crippen LogP contribution >= 0.6 is 0 Å². The number of hydrogen-bond acceptors (Lipinski definition) is 6. The van der Waals surface area contributed by atoms with E-state index in [1.165, 1.54) is 0 Å². The lowest BCUT2D eigenvalue weighted by atomic mass is 10.1. The van der Waals surface area contributed by atoms with Gasteiger partial charge in [0.1, 0.15) is 5.75 Å². The van der Waals surface area contributed by atoms with Crippen LogP contribution in [0.25, 0.3) is 22.3 Å². The minimum Gasteiger partial charge on any atom is -0.484 e. The molecule has 0 fully saturated rings. The van der Waals surface area contributed by atoms with Gasteiger partial charge >= 0.3 is 0 Å². The molecule has 2 aromatic carbocycles. The fourth-order valence-corrected chi connectivity index (χ4v) is 2.82. The van der Waals surface area contributed by atoms with Crippen LogP contribution in [-0.2, 0) is 6.61 Å². The number of benzene rings is 2. The minimum atomic E-state index is 0.196. The zero-order chi connectivity index (χ0) is 18.6. The Bertz CT molecular complexity index is 1060. The van der Waals surface area contributed by atoms with Crippen LogP contribution in [0.2, 0.25) is 0 Å². The second-order valence-electron chi connectivity index (χ2n) is 6.03. The molecule has 0 amide bonds. The summed E-state index contributed by atoms with van der Waals surface area (Å²) in [5.74, 6) is 2.06. The van der Waals surface area contributed by atoms with Gasteiger partial charge in [-0.25, -0.2) is 4.98 Å². The third kappa shape index (κ3) is 3.60. The molecule has 0 radical (unpaired) electrons. The Morgan fingerprint density at radius 2 is 1.81 bits per heavy atom. The molecule has 0 aliphatic heterocycles. The van der Waals surface area contributed by atoms with Gasteiger partial charge in [0, 0.05) is 5.39 Å². The Kier molecular flexibility index (Phi) is 4.70. The van der Waals surface area contributed by atoms with Gasteiger partial charge in [0.2, 0.25) is 11.7 Å². The molecular formula is C21H19N3O3. The number of nitrogens with zero attached hydrogens (tertiary/aromatic N) is 3. The first-order chi connectivity index (χ1) is 13.2. The number of rotatable bonds is 6. The molecule has 4 aromatic rings. The predicted molar refractivity (Wildman–Crippen MR) is 102 cm³/mol. The van der Waals surface area contributed by atoms with Gasteiger partial charge in [-0.3, -0.25) is 0 Å². The van der Waals surface area contributed by atoms with Gasteiger partial charge in [-0.2, -0.15) is 4.98 Å². The van der Waals surface area contributed by atoms with Crippen molar-refractivity contribution >= 4 is 10.9 Å². The summed E-state index contributed by atoms with van der Waals surface area (Å²) < 4.78 is 16.7. The molecule has 4 rings (SSSR count). The summed E-state index contributed by atoms with van der Waals surface area (Å²) in [5, 5.41) is 5.09. The molecule has 6 nitrogen and oxygen atoms in total. The molecule has 0 unspecified atom stereocenters. The molecule has 0 saturated heterocycles. The summed E-state index contributed by atoms with van der Waals surface area (Å²) in [6, 6.07) is 17.5. The first-order valence-corrected chi connectivity index (χ1v) is 8.78. The lowest BCUT2D eigenvalue weighted by Crippen LogP contribution is -1.99. The van der Waals surface area contributed by atoms with E-state index in [2.05, 4.69) is 15.1 Å². The maximum Gasteiger partial charge on any atom is 0.264 e. The van der Waals surface area contributed by atoms with Gasteiger partial charge in [0.25, 0.3) is 5.89 Å². The Hall–Kier alpha value is -3.41. The number of aromatic nitrogens is 3. The third-order valence-electron chi connectivity index (χ3n) is 4.11. The molecule has 0 aliphatic rings. The van der Waals surface area contributed by atoms with E-state index >= 15 is 0 Å². The van der Waals surface area contributed by atoms with E-state index in [0.717, 1.165) is 22.2 Å². The monoisotopic (exact) mass is 361 g/mol. The summed E-state index contributed by atoms with van der Waals surface area (Å²) in [6.45, 7) is 4.64. The molecule has 0 aliphatic carbocycles. The largest absolute Gasteiger partial charge is 0.484 e. The zero-order valence-electron chi connectivity index (χ0n) is 15.2. The summed E-state index contributed by atoms with van der Waals surface area (Å²) in [5.41, 5.74) is 2.69. The molecule has 136 valence electrons. The van der Waals surface area contributed by atoms with Crippen molar-refractivity contribution in [2.75, 3.05) is 6.61 Å². The second-order valence-corrected chi connectivity index (χ2v) is 6.03. The molecule has 6 heteroatoms. The molecule has 0 saturated carbocycles. The van der Waals surface area contributed by atoms with Crippen LogP contribution in [0.5, 0.6) is 11.6 Å². The first kappa shape index (κ1) is 17.0. The minimum absolute atomic E-state index is 0.196. The average Bonchev–Trinajstić information content (AvgIpc) is 3.16. The van der Waals surface area contributed by atoms with Crippen molar-refractivity contribution in [1.29, 1.82) is 0 Å². The lowest BCUT2D eigenvalue weighted by Gasteiger charge is -2.09. The fraction of sp³-hybridized carbons (Fsp3) is 0.190. The number of ether oxygens (including phenoxy) is 2. The maximum absolute atomic E-state index is 5.73. The van der Waals surface area contributed by atoms with Gasteiger partial charge in [-0.15, -0.1) is 0 Å². The Labute approximate surface area is 156 Å². The van der Waals surface area contributed by atoms with Gasteiger partial charge in [0.05, 0.1) is 17.7 Å². The standard InChI is InChI=1S/C21H19N3O3/c1-3-25-21-17(12-15-9-7-8-14(2)19(15)23-21)20-22-18(27-24-20)13-26-16-10-5-4-6-11-16/h4-12H,3,13H2,1-2H3. The van der Waals surface area contributed by atoms with Gasteiger partial charge in [-0.1, -0.05) is 41.6 Å². The summed E-state index contributed by atoms with van der Waals surface area (Å²) in [6.07, 6.45) is 0. The predicted octanol–water partition coefficient (Wildman–Crippen LogP) is 4.57. The van der Waals surface area contributed by atoms with Crippen LogP contribution in [0.4, 0.5) is 0 Å². The molecule has 27 heavy (non-hydrogen) atoms. The van der Waals surface area contributed by atoms with E-state index < -0.39 is 0 Å². The molecule has 0 spiro atoms. The van der Waals surface area contributed by atoms with E-state index in [9.17, 15) is 0 Å². The van der Waals surface area contributed by atoms with Crippen molar-refractivity contribution in [3.8, 4) is 23.0 Å². The summed E-state index contributed by atoms with van der Waals surface area (Å²) in [4.78, 5) is 9.11. The van der Waals surface area contributed by atoms with E-state index in [-0.39, 0.29) is 6.61 Å². The molecule has 0 bridgehead atoms. The Morgan fingerprint density at radius 1 is 0.963 bits per heavy atom. The summed E-state index contributed by atoms with van der Waals surface area (Å²) >= 11 is 0. The van der Waals surface area contributed by atoms with Crippen LogP contribution in [0, 0.1) is 6.92 Å². The normalized spacial score (nSPS) is 10.9. The second kappa shape index (κ2) is 7.45. The Balaban J connectivity index is 1.65. The van der Waals surface area contributed by atoms with Crippen LogP contribution in [0.3, 0.4) is 0 Å². The summed E-state index contributed by atoms with van der Waals surface area (Å²) in [7, 11) is 0. The molecule has 2 heterocycles. The molecule has 0 N–H and O–H groups in total. The SMILES string of the molecule is CCOc1nc2c(C)cccc2cc1-c1noc(COc2ccccc2)n1. The van der Waals surface area contributed by atoms with E-state index in [1.807, 2.05) is 68.4 Å². The number of aryl methyl sites for hydroxylation is 1. The van der Waals surface area contributed by atoms with Crippen LogP contribution in [0.1, 0.15) is 18.4 Å². The van der Waals surface area contributed by atoms with E-state index in [0.29, 0.717) is 29.8 Å². The number of hydrogen-bond donors (Lipinski definition) is 0. The highest BCUT2D eigenvalue weighted by Crippen LogP contribution is 2.31. The molecular weight excluding hydrogens is 342 g/mol. The first-order valence-electron chi connectivity index (χ1n) is 8.78. The highest BCUT2D eigenvalue weighted by molar-refractivity contribution is 5.87. The van der Waals surface area contributed by atoms with Crippen LogP contribution < -0.4 is 9.47 Å². The molecule has 2 aromatic heterocycles. The quantitative estimate of drug-likeness (QED) is 0.501. The smallest absolute Gasteiger partial charge is 0.264 e. The van der Waals surface area contributed by atoms with Crippen molar-refractivity contribution < 1.29 is 14.0 Å². The van der Waals surface area contributed by atoms with Gasteiger partial charge in [-0.05, 0) is 37.6 Å². The fourth-order valence-electron chi connectivity index (χ4n) is 2.82. The van der Waals surface area contributed by atoms with Gasteiger partial charge < -0.3 is 14.0 Å². The van der Waals surface area contributed by atoms with Crippen molar-refractivity contribution in [3.05, 3.63) is 66.1 Å². The number of para-hydroxylation sites is 2.